The topological polar surface area (TPSA) is 114 Å². The summed E-state index contributed by atoms with van der Waals surface area (Å²) in [5, 5.41) is 11.0. The van der Waals surface area contributed by atoms with Gasteiger partial charge in [-0.05, 0) is 84.2 Å². The molecule has 0 unspecified atom stereocenters. The molecule has 2 fully saturated rings. The first-order valence-corrected chi connectivity index (χ1v) is 13.5. The van der Waals surface area contributed by atoms with Crippen LogP contribution in [0.1, 0.15) is 42.9 Å². The Balaban J connectivity index is 1.17. The number of halogens is 2. The summed E-state index contributed by atoms with van der Waals surface area (Å²) in [5.41, 5.74) is 8.77. The van der Waals surface area contributed by atoms with Crippen molar-refractivity contribution < 1.29 is 13.9 Å². The van der Waals surface area contributed by atoms with Gasteiger partial charge in [0.2, 0.25) is 12.7 Å². The van der Waals surface area contributed by atoms with Crippen molar-refractivity contribution in [1.29, 1.82) is 0 Å². The number of hydrogen-bond donors (Lipinski definition) is 3. The number of fused-ring (bicyclic) bond motifs is 2. The zero-order valence-corrected chi connectivity index (χ0v) is 22.1. The molecule has 0 radical (unpaired) electrons. The monoisotopic (exact) mass is 613 g/mol. The quantitative estimate of drug-likeness (QED) is 0.273. The molecule has 1 saturated heterocycles. The Morgan fingerprint density at radius 1 is 1.05 bits per heavy atom. The number of piperidine rings is 1. The highest BCUT2D eigenvalue weighted by Crippen LogP contribution is 2.42. The molecule has 2 aromatic carbocycles. The van der Waals surface area contributed by atoms with Crippen LogP contribution in [0.15, 0.2) is 36.4 Å². The summed E-state index contributed by atoms with van der Waals surface area (Å²) in [4.78, 5) is 11.8. The summed E-state index contributed by atoms with van der Waals surface area (Å²) in [5.74, 6) is 2.67. The van der Waals surface area contributed by atoms with Crippen LogP contribution in [0.2, 0.25) is 0 Å². The molecule has 2 aromatic heterocycles. The molecule has 3 aliphatic rings. The van der Waals surface area contributed by atoms with Gasteiger partial charge < -0.3 is 25.4 Å². The largest absolute Gasteiger partial charge is 0.454 e. The molecule has 1 saturated carbocycles. The fourth-order valence-corrected chi connectivity index (χ4v) is 5.60. The number of nitrogens with zero attached hydrogens (tertiary/aromatic N) is 4. The summed E-state index contributed by atoms with van der Waals surface area (Å²) in [7, 11) is 0. The maximum Gasteiger partial charge on any atom is 0.231 e. The fourth-order valence-electron chi connectivity index (χ4n) is 5.11. The molecule has 0 bridgehead atoms. The number of H-pyrrole nitrogens is 1. The normalized spacial score (nSPS) is 18.4. The fraction of sp³-hybridized carbons (Fsp3) is 0.346. The van der Waals surface area contributed by atoms with Gasteiger partial charge in [0.25, 0.3) is 0 Å². The summed E-state index contributed by atoms with van der Waals surface area (Å²) in [6.45, 7) is 1.61. The number of aromatic amines is 1. The van der Waals surface area contributed by atoms with Gasteiger partial charge in [0.15, 0.2) is 23.1 Å². The Kier molecular flexibility index (Phi) is 5.39. The van der Waals surface area contributed by atoms with Gasteiger partial charge in [0, 0.05) is 33.5 Å². The predicted octanol–water partition coefficient (Wildman–Crippen LogP) is 4.90. The lowest BCUT2D eigenvalue weighted by Gasteiger charge is -2.39. The van der Waals surface area contributed by atoms with Crippen LogP contribution in [0.25, 0.3) is 10.9 Å². The molecular formula is C26H25FIN7O2. The van der Waals surface area contributed by atoms with Crippen LogP contribution in [0.4, 0.5) is 22.0 Å². The van der Waals surface area contributed by atoms with Gasteiger partial charge in [-0.2, -0.15) is 10.1 Å². The molecule has 4 heterocycles. The Morgan fingerprint density at radius 3 is 2.68 bits per heavy atom. The van der Waals surface area contributed by atoms with E-state index in [9.17, 15) is 0 Å². The van der Waals surface area contributed by atoms with Crippen molar-refractivity contribution in [2.45, 2.75) is 37.1 Å². The van der Waals surface area contributed by atoms with Crippen molar-refractivity contribution in [3.8, 4) is 11.5 Å². The standard InChI is InChI=1S/C26H25FIN7O2/c27-21-22(14-1-2-14)33-34-24(21)31-23-17-12-16(28)4-5-18(17)30-25(32-23)35-9-7-26(29,8-10-35)15-3-6-19-20(11-15)37-13-36-19/h3-6,11-12,14H,1-2,7-10,13,29H2,(H2,30,31,32,33,34). The van der Waals surface area contributed by atoms with E-state index in [0.717, 1.165) is 57.2 Å². The van der Waals surface area contributed by atoms with E-state index in [4.69, 9.17) is 25.2 Å². The maximum atomic E-state index is 15.0. The third-order valence-corrected chi connectivity index (χ3v) is 8.16. The van der Waals surface area contributed by atoms with Crippen molar-refractivity contribution in [2.75, 3.05) is 30.1 Å². The van der Waals surface area contributed by atoms with Crippen LogP contribution in [-0.2, 0) is 5.54 Å². The molecule has 4 N–H and O–H groups in total. The van der Waals surface area contributed by atoms with Crippen molar-refractivity contribution in [1.82, 2.24) is 20.2 Å². The van der Waals surface area contributed by atoms with E-state index in [2.05, 4.69) is 43.0 Å². The zero-order chi connectivity index (χ0) is 25.1. The van der Waals surface area contributed by atoms with Gasteiger partial charge in [0.05, 0.1) is 11.2 Å². The van der Waals surface area contributed by atoms with E-state index < -0.39 is 5.54 Å². The van der Waals surface area contributed by atoms with E-state index in [1.54, 1.807) is 0 Å². The number of aromatic nitrogens is 4. The van der Waals surface area contributed by atoms with Crippen molar-refractivity contribution in [3.63, 3.8) is 0 Å². The Hall–Kier alpha value is -3.19. The van der Waals surface area contributed by atoms with Gasteiger partial charge >= 0.3 is 0 Å². The Bertz CT molecular complexity index is 1510. The lowest BCUT2D eigenvalue weighted by molar-refractivity contribution is 0.174. The molecule has 4 aromatic rings. The number of ether oxygens (including phenoxy) is 2. The van der Waals surface area contributed by atoms with E-state index >= 15 is 4.39 Å². The molecule has 11 heteroatoms. The van der Waals surface area contributed by atoms with Crippen LogP contribution >= 0.6 is 22.6 Å². The van der Waals surface area contributed by atoms with Crippen LogP contribution in [0.3, 0.4) is 0 Å². The highest BCUT2D eigenvalue weighted by molar-refractivity contribution is 14.1. The zero-order valence-electron chi connectivity index (χ0n) is 19.9. The van der Waals surface area contributed by atoms with Gasteiger partial charge in [-0.25, -0.2) is 9.37 Å². The number of nitrogens with one attached hydrogen (secondary N) is 2. The summed E-state index contributed by atoms with van der Waals surface area (Å²) < 4.78 is 27.1. The smallest absolute Gasteiger partial charge is 0.231 e. The van der Waals surface area contributed by atoms with E-state index in [0.29, 0.717) is 30.5 Å². The molecule has 0 spiro atoms. The SMILES string of the molecule is NC1(c2ccc3c(c2)OCO3)CCN(c2nc(Nc3n[nH]c(C4CC4)c3F)c3cc(I)ccc3n2)CC1. The van der Waals surface area contributed by atoms with Crippen LogP contribution < -0.4 is 25.4 Å². The minimum Gasteiger partial charge on any atom is -0.454 e. The number of hydrogen-bond acceptors (Lipinski definition) is 8. The second-order valence-corrected chi connectivity index (χ2v) is 11.2. The maximum absolute atomic E-state index is 15.0. The molecule has 2 aliphatic heterocycles. The predicted molar refractivity (Wildman–Crippen MR) is 146 cm³/mol. The molecule has 9 nitrogen and oxygen atoms in total. The molecular weight excluding hydrogens is 588 g/mol. The molecule has 7 rings (SSSR count). The first-order chi connectivity index (χ1) is 18.0. The third kappa shape index (κ3) is 4.13. The van der Waals surface area contributed by atoms with Crippen LogP contribution in [0, 0.1) is 9.39 Å². The highest BCUT2D eigenvalue weighted by atomic mass is 127. The third-order valence-electron chi connectivity index (χ3n) is 7.49. The Morgan fingerprint density at radius 2 is 1.86 bits per heavy atom. The highest BCUT2D eigenvalue weighted by Gasteiger charge is 2.35. The molecule has 0 atom stereocenters. The summed E-state index contributed by atoms with van der Waals surface area (Å²) in [6, 6.07) is 11.9. The first-order valence-electron chi connectivity index (χ1n) is 12.4. The lowest BCUT2D eigenvalue weighted by atomic mass is 9.82. The first kappa shape index (κ1) is 23.0. The number of rotatable bonds is 5. The van der Waals surface area contributed by atoms with Crippen molar-refractivity contribution in [2.24, 2.45) is 5.73 Å². The van der Waals surface area contributed by atoms with E-state index in [1.165, 1.54) is 0 Å². The average molecular weight is 613 g/mol. The second-order valence-electron chi connectivity index (χ2n) is 9.94. The van der Waals surface area contributed by atoms with Crippen molar-refractivity contribution in [3.05, 3.63) is 57.0 Å². The molecule has 37 heavy (non-hydrogen) atoms. The van der Waals surface area contributed by atoms with Crippen LogP contribution in [-0.4, -0.2) is 40.0 Å². The lowest BCUT2D eigenvalue weighted by Crippen LogP contribution is -2.48. The number of anilines is 3. The Labute approximate surface area is 226 Å². The molecule has 0 amide bonds. The second kappa shape index (κ2) is 8.69. The minimum atomic E-state index is -0.483. The van der Waals surface area contributed by atoms with E-state index in [1.807, 2.05) is 36.4 Å². The van der Waals surface area contributed by atoms with Gasteiger partial charge in [-0.1, -0.05) is 6.07 Å². The van der Waals surface area contributed by atoms with Crippen molar-refractivity contribution >= 4 is 51.1 Å². The minimum absolute atomic E-state index is 0.161. The molecule has 1 aliphatic carbocycles. The van der Waals surface area contributed by atoms with E-state index in [-0.39, 0.29) is 24.3 Å². The van der Waals surface area contributed by atoms with Crippen LogP contribution in [0.5, 0.6) is 11.5 Å². The molecule has 190 valence electrons. The van der Waals surface area contributed by atoms with Gasteiger partial charge in [0.1, 0.15) is 5.82 Å². The van der Waals surface area contributed by atoms with Gasteiger partial charge in [-0.3, -0.25) is 5.10 Å². The van der Waals surface area contributed by atoms with Gasteiger partial charge in [-0.15, -0.1) is 0 Å². The number of benzene rings is 2. The number of nitrogens with two attached hydrogens (primary N) is 1. The average Bonchev–Trinajstić information content (AvgIpc) is 3.52. The summed E-state index contributed by atoms with van der Waals surface area (Å²) >= 11 is 2.26. The summed E-state index contributed by atoms with van der Waals surface area (Å²) in [6.07, 6.45) is 3.42.